The van der Waals surface area contributed by atoms with Gasteiger partial charge in [-0.3, -0.25) is 14.7 Å². The van der Waals surface area contributed by atoms with Crippen LogP contribution in [0.5, 0.6) is 0 Å². The zero-order valence-electron chi connectivity index (χ0n) is 17.4. The van der Waals surface area contributed by atoms with E-state index in [0.29, 0.717) is 30.7 Å². The van der Waals surface area contributed by atoms with E-state index in [1.165, 1.54) is 19.4 Å². The summed E-state index contributed by atoms with van der Waals surface area (Å²) < 4.78 is 6.02. The van der Waals surface area contributed by atoms with Gasteiger partial charge in [0, 0.05) is 50.8 Å². The molecule has 0 aliphatic carbocycles. The smallest absolute Gasteiger partial charge is 0.242 e. The maximum absolute atomic E-state index is 12.7. The minimum atomic E-state index is 0. The number of piperazine rings is 1. The van der Waals surface area contributed by atoms with Gasteiger partial charge in [0.05, 0.1) is 19.3 Å². The van der Waals surface area contributed by atoms with Gasteiger partial charge in [0.15, 0.2) is 5.96 Å². The molecule has 2 unspecified atom stereocenters. The number of hydrogen-bond donors (Lipinski definition) is 1. The molecule has 3 aliphatic rings. The Hall–Kier alpha value is -1.10. The van der Waals surface area contributed by atoms with Gasteiger partial charge in [0.2, 0.25) is 5.91 Å². The van der Waals surface area contributed by atoms with E-state index in [2.05, 4.69) is 15.2 Å². The van der Waals surface area contributed by atoms with Gasteiger partial charge in [-0.1, -0.05) is 23.7 Å². The van der Waals surface area contributed by atoms with Gasteiger partial charge < -0.3 is 19.9 Å². The Morgan fingerprint density at radius 3 is 2.80 bits per heavy atom. The van der Waals surface area contributed by atoms with Crippen molar-refractivity contribution in [2.45, 2.75) is 31.5 Å². The van der Waals surface area contributed by atoms with E-state index in [1.54, 1.807) is 7.05 Å². The lowest BCUT2D eigenvalue weighted by Crippen LogP contribution is -2.56. The highest BCUT2D eigenvalue weighted by Crippen LogP contribution is 2.22. The summed E-state index contributed by atoms with van der Waals surface area (Å²) in [5.41, 5.74) is 1.09. The summed E-state index contributed by atoms with van der Waals surface area (Å²) in [6.45, 7) is 6.10. The number of carbonyl (C=O) groups is 1. The normalized spacial score (nSPS) is 25.1. The molecule has 3 heterocycles. The van der Waals surface area contributed by atoms with Crippen molar-refractivity contribution in [2.75, 3.05) is 52.9 Å². The monoisotopic (exact) mass is 547 g/mol. The molecule has 7 nitrogen and oxygen atoms in total. The fourth-order valence-corrected chi connectivity index (χ4v) is 4.54. The minimum Gasteiger partial charge on any atom is -0.373 e. The molecule has 0 radical (unpaired) electrons. The maximum atomic E-state index is 12.7. The molecular weight excluding hydrogens is 517 g/mol. The molecular formula is C21H31ClIN5O2. The van der Waals surface area contributed by atoms with Crippen LogP contribution in [0.15, 0.2) is 29.3 Å². The Morgan fingerprint density at radius 2 is 2.07 bits per heavy atom. The highest BCUT2D eigenvalue weighted by molar-refractivity contribution is 14.0. The molecule has 2 atom stereocenters. The SMILES string of the molecule is CN=C(NCC1CN2CCCC2CO1)N1CCN(Cc2ccc(Cl)cc2)C(=O)C1.I. The Kier molecular flexibility index (Phi) is 8.62. The lowest BCUT2D eigenvalue weighted by atomic mass is 10.2. The van der Waals surface area contributed by atoms with Gasteiger partial charge in [-0.2, -0.15) is 0 Å². The molecule has 3 aliphatic heterocycles. The van der Waals surface area contributed by atoms with Crippen molar-refractivity contribution in [1.82, 2.24) is 20.0 Å². The first-order chi connectivity index (χ1) is 14.1. The molecule has 166 valence electrons. The molecule has 9 heteroatoms. The van der Waals surface area contributed by atoms with Crippen molar-refractivity contribution in [2.24, 2.45) is 4.99 Å². The van der Waals surface area contributed by atoms with Crippen LogP contribution in [-0.4, -0.2) is 91.6 Å². The van der Waals surface area contributed by atoms with Crippen molar-refractivity contribution < 1.29 is 9.53 Å². The van der Waals surface area contributed by atoms with Crippen LogP contribution >= 0.6 is 35.6 Å². The van der Waals surface area contributed by atoms with Crippen LogP contribution in [0, 0.1) is 0 Å². The molecule has 4 rings (SSSR count). The van der Waals surface area contributed by atoms with Crippen LogP contribution in [0.3, 0.4) is 0 Å². The third-order valence-corrected chi connectivity index (χ3v) is 6.32. The third kappa shape index (κ3) is 5.77. The first-order valence-corrected chi connectivity index (χ1v) is 10.8. The van der Waals surface area contributed by atoms with Gasteiger partial charge in [-0.25, -0.2) is 0 Å². The number of rotatable bonds is 4. The number of benzene rings is 1. The van der Waals surface area contributed by atoms with Crippen molar-refractivity contribution >= 4 is 47.4 Å². The van der Waals surface area contributed by atoms with Crippen molar-refractivity contribution in [3.8, 4) is 0 Å². The van der Waals surface area contributed by atoms with E-state index in [1.807, 2.05) is 34.1 Å². The van der Waals surface area contributed by atoms with Crippen LogP contribution in [-0.2, 0) is 16.1 Å². The molecule has 0 bridgehead atoms. The van der Waals surface area contributed by atoms with Crippen LogP contribution in [0.2, 0.25) is 5.02 Å². The summed E-state index contributed by atoms with van der Waals surface area (Å²) >= 11 is 5.95. The third-order valence-electron chi connectivity index (χ3n) is 6.07. The zero-order chi connectivity index (χ0) is 20.2. The first-order valence-electron chi connectivity index (χ1n) is 10.5. The van der Waals surface area contributed by atoms with Gasteiger partial charge in [0.25, 0.3) is 0 Å². The molecule has 1 amide bonds. The molecule has 1 N–H and O–H groups in total. The van der Waals surface area contributed by atoms with E-state index in [-0.39, 0.29) is 36.0 Å². The van der Waals surface area contributed by atoms with E-state index in [9.17, 15) is 4.79 Å². The number of halogens is 2. The minimum absolute atomic E-state index is 0. The van der Waals surface area contributed by atoms with Crippen LogP contribution in [0.4, 0.5) is 0 Å². The van der Waals surface area contributed by atoms with Crippen molar-refractivity contribution in [3.05, 3.63) is 34.9 Å². The molecule has 0 aromatic heterocycles. The topological polar surface area (TPSA) is 60.4 Å². The lowest BCUT2D eigenvalue weighted by molar-refractivity contribution is -0.135. The van der Waals surface area contributed by atoms with Crippen molar-refractivity contribution in [3.63, 3.8) is 0 Å². The lowest BCUT2D eigenvalue weighted by Gasteiger charge is -2.38. The van der Waals surface area contributed by atoms with E-state index >= 15 is 0 Å². The van der Waals surface area contributed by atoms with E-state index in [4.69, 9.17) is 16.3 Å². The summed E-state index contributed by atoms with van der Waals surface area (Å²) in [7, 11) is 1.77. The number of nitrogens with zero attached hydrogens (tertiary/aromatic N) is 4. The number of guanidine groups is 1. The number of aliphatic imine (C=N–C) groups is 1. The van der Waals surface area contributed by atoms with E-state index < -0.39 is 0 Å². The first kappa shape index (κ1) is 23.6. The largest absolute Gasteiger partial charge is 0.373 e. The number of nitrogens with one attached hydrogen (secondary N) is 1. The molecule has 0 saturated carbocycles. The standard InChI is InChI=1S/C21H30ClN5O2.HI/c1-23-21(24-11-19-13-25-8-2-3-18(25)15-29-19)27-10-9-26(20(28)14-27)12-16-4-6-17(22)7-5-16;/h4-7,18-19H,2-3,8-15H2,1H3,(H,23,24);1H. The zero-order valence-corrected chi connectivity index (χ0v) is 20.5. The fraction of sp³-hybridized carbons (Fsp3) is 0.619. The van der Waals surface area contributed by atoms with E-state index in [0.717, 1.165) is 37.8 Å². The molecule has 3 saturated heterocycles. The second-order valence-corrected chi connectivity index (χ2v) is 8.47. The molecule has 1 aromatic rings. The van der Waals surface area contributed by atoms with Crippen LogP contribution in [0.25, 0.3) is 0 Å². The number of hydrogen-bond acceptors (Lipinski definition) is 4. The summed E-state index contributed by atoms with van der Waals surface area (Å²) in [6, 6.07) is 8.27. The average Bonchev–Trinajstić information content (AvgIpc) is 3.20. The number of morpholine rings is 1. The number of amides is 1. The highest BCUT2D eigenvalue weighted by Gasteiger charge is 2.32. The molecule has 1 aromatic carbocycles. The Balaban J connectivity index is 0.00000256. The number of carbonyl (C=O) groups excluding carboxylic acids is 1. The van der Waals surface area contributed by atoms with Crippen molar-refractivity contribution in [1.29, 1.82) is 0 Å². The molecule has 0 spiro atoms. The fourth-order valence-electron chi connectivity index (χ4n) is 4.41. The Morgan fingerprint density at radius 1 is 1.27 bits per heavy atom. The molecule has 30 heavy (non-hydrogen) atoms. The quantitative estimate of drug-likeness (QED) is 0.355. The van der Waals surface area contributed by atoms with Gasteiger partial charge >= 0.3 is 0 Å². The van der Waals surface area contributed by atoms with Gasteiger partial charge in [-0.05, 0) is 37.1 Å². The maximum Gasteiger partial charge on any atom is 0.242 e. The summed E-state index contributed by atoms with van der Waals surface area (Å²) in [6.07, 6.45) is 2.70. The Bertz CT molecular complexity index is 747. The number of ether oxygens (including phenoxy) is 1. The summed E-state index contributed by atoms with van der Waals surface area (Å²) in [4.78, 5) is 23.5. The van der Waals surface area contributed by atoms with Crippen LogP contribution < -0.4 is 5.32 Å². The summed E-state index contributed by atoms with van der Waals surface area (Å²) in [5, 5.41) is 4.13. The van der Waals surface area contributed by atoms with Gasteiger partial charge in [-0.15, -0.1) is 24.0 Å². The van der Waals surface area contributed by atoms with Crippen LogP contribution in [0.1, 0.15) is 18.4 Å². The highest BCUT2D eigenvalue weighted by atomic mass is 127. The number of fused-ring (bicyclic) bond motifs is 1. The van der Waals surface area contributed by atoms with Gasteiger partial charge in [0.1, 0.15) is 0 Å². The molecule has 3 fully saturated rings. The predicted octanol–water partition coefficient (Wildman–Crippen LogP) is 2.04. The Labute approximate surface area is 200 Å². The second kappa shape index (κ2) is 11.0. The average molecular weight is 548 g/mol. The summed E-state index contributed by atoms with van der Waals surface area (Å²) in [5.74, 6) is 0.889. The predicted molar refractivity (Wildman–Crippen MR) is 130 cm³/mol. The second-order valence-electron chi connectivity index (χ2n) is 8.04.